The van der Waals surface area contributed by atoms with Crippen molar-refractivity contribution in [3.8, 4) is 0 Å². The molecule has 32 heavy (non-hydrogen) atoms. The minimum absolute atomic E-state index is 0.0946. The zero-order chi connectivity index (χ0) is 23.4. The Balaban J connectivity index is 1.57. The molecule has 0 heterocycles. The van der Waals surface area contributed by atoms with Gasteiger partial charge in [-0.1, -0.05) is 60.1 Å². The van der Waals surface area contributed by atoms with Crippen LogP contribution in [0.4, 0.5) is 0 Å². The molecule has 2 heteroatoms. The van der Waals surface area contributed by atoms with Crippen LogP contribution in [0.25, 0.3) is 0 Å². The highest BCUT2D eigenvalue weighted by molar-refractivity contribution is 5.85. The molecule has 5 aliphatic rings. The quantitative estimate of drug-likeness (QED) is 0.433. The Morgan fingerprint density at radius 3 is 2.12 bits per heavy atom. The minimum Gasteiger partial charge on any atom is -0.396 e. The maximum absolute atomic E-state index is 12.9. The first-order chi connectivity index (χ1) is 14.8. The smallest absolute Gasteiger partial charge is 0.138 e. The van der Waals surface area contributed by atoms with Crippen molar-refractivity contribution in [1.29, 1.82) is 0 Å². The SMILES string of the molecule is CC1(C)CC[C@]2(CO)CC=C3[C@]4(C)CC[C@H]5C(C)(C)C(=O)CC[C@]5(C)[C@H]4CC[C@@]3(C)[C@@H]2C1. The highest BCUT2D eigenvalue weighted by Crippen LogP contribution is 2.74. The first-order valence-electron chi connectivity index (χ1n) is 13.6. The molecule has 180 valence electrons. The van der Waals surface area contributed by atoms with Crippen molar-refractivity contribution in [2.45, 2.75) is 113 Å². The van der Waals surface area contributed by atoms with Gasteiger partial charge in [0.1, 0.15) is 5.78 Å². The summed E-state index contributed by atoms with van der Waals surface area (Å²) in [6.45, 7) is 17.5. The second-order valence-corrected chi connectivity index (χ2v) is 14.9. The van der Waals surface area contributed by atoms with E-state index in [0.29, 0.717) is 35.6 Å². The van der Waals surface area contributed by atoms with Crippen LogP contribution in [-0.2, 0) is 4.79 Å². The molecule has 1 N–H and O–H groups in total. The molecule has 2 nitrogen and oxygen atoms in total. The second kappa shape index (κ2) is 6.73. The lowest BCUT2D eigenvalue weighted by Crippen LogP contribution is -2.63. The summed E-state index contributed by atoms with van der Waals surface area (Å²) in [7, 11) is 0. The fourth-order valence-corrected chi connectivity index (χ4v) is 10.7. The van der Waals surface area contributed by atoms with E-state index in [1.807, 2.05) is 0 Å². The number of aliphatic hydroxyl groups excluding tert-OH is 1. The molecule has 0 bridgehead atoms. The second-order valence-electron chi connectivity index (χ2n) is 14.9. The van der Waals surface area contributed by atoms with Gasteiger partial charge in [0, 0.05) is 23.9 Å². The number of rotatable bonds is 1. The van der Waals surface area contributed by atoms with Crippen molar-refractivity contribution in [1.82, 2.24) is 0 Å². The molecule has 0 unspecified atom stereocenters. The number of allylic oxidation sites excluding steroid dienone is 2. The van der Waals surface area contributed by atoms with Gasteiger partial charge in [-0.25, -0.2) is 0 Å². The van der Waals surface area contributed by atoms with Crippen molar-refractivity contribution < 1.29 is 9.90 Å². The molecular formula is C30H48O2. The maximum atomic E-state index is 12.9. The summed E-state index contributed by atoms with van der Waals surface area (Å²) in [6.07, 6.45) is 14.2. The van der Waals surface area contributed by atoms with Crippen molar-refractivity contribution in [2.24, 2.45) is 50.2 Å². The van der Waals surface area contributed by atoms with E-state index in [-0.39, 0.29) is 27.1 Å². The monoisotopic (exact) mass is 440 g/mol. The predicted octanol–water partition coefficient (Wildman–Crippen LogP) is 7.35. The summed E-state index contributed by atoms with van der Waals surface area (Å²) in [5.41, 5.74) is 2.79. The highest BCUT2D eigenvalue weighted by atomic mass is 16.3. The summed E-state index contributed by atoms with van der Waals surface area (Å²) in [6, 6.07) is 0. The van der Waals surface area contributed by atoms with E-state index >= 15 is 0 Å². The van der Waals surface area contributed by atoms with Crippen molar-refractivity contribution in [3.63, 3.8) is 0 Å². The molecular weight excluding hydrogens is 392 g/mol. The van der Waals surface area contributed by atoms with Crippen LogP contribution in [0.1, 0.15) is 113 Å². The van der Waals surface area contributed by atoms with Gasteiger partial charge in [-0.15, -0.1) is 0 Å². The summed E-state index contributed by atoms with van der Waals surface area (Å²) in [5, 5.41) is 10.7. The van der Waals surface area contributed by atoms with E-state index in [9.17, 15) is 9.90 Å². The van der Waals surface area contributed by atoms with Gasteiger partial charge < -0.3 is 5.11 Å². The summed E-state index contributed by atoms with van der Waals surface area (Å²) < 4.78 is 0. The number of ketones is 1. The molecule has 0 radical (unpaired) electrons. The molecule has 5 aliphatic carbocycles. The van der Waals surface area contributed by atoms with Crippen LogP contribution in [-0.4, -0.2) is 17.5 Å². The number of aliphatic hydroxyl groups is 1. The van der Waals surface area contributed by atoms with Crippen molar-refractivity contribution >= 4 is 5.78 Å². The average Bonchev–Trinajstić information content (AvgIpc) is 2.71. The molecule has 0 aromatic carbocycles. The first kappa shape index (κ1) is 23.1. The Kier molecular flexibility index (Phi) is 4.87. The van der Waals surface area contributed by atoms with E-state index in [0.717, 1.165) is 19.3 Å². The number of Topliss-reactive ketones (excluding diaryl/α,β-unsaturated/α-hetero) is 1. The average molecular weight is 441 g/mol. The number of fused-ring (bicyclic) bond motifs is 7. The molecule has 0 aliphatic heterocycles. The first-order valence-corrected chi connectivity index (χ1v) is 13.6. The summed E-state index contributed by atoms with van der Waals surface area (Å²) in [5.74, 6) is 2.29. The van der Waals surface area contributed by atoms with Gasteiger partial charge in [0.2, 0.25) is 0 Å². The lowest BCUT2D eigenvalue weighted by Gasteiger charge is -2.69. The molecule has 4 fully saturated rings. The third kappa shape index (κ3) is 2.77. The van der Waals surface area contributed by atoms with Crippen LogP contribution in [0.3, 0.4) is 0 Å². The largest absolute Gasteiger partial charge is 0.396 e. The van der Waals surface area contributed by atoms with Crippen LogP contribution in [0.15, 0.2) is 11.6 Å². The van der Waals surface area contributed by atoms with Crippen molar-refractivity contribution in [2.75, 3.05) is 6.61 Å². The minimum atomic E-state index is -0.171. The lowest BCUT2D eigenvalue weighted by atomic mass is 9.35. The van der Waals surface area contributed by atoms with Crippen molar-refractivity contribution in [3.05, 3.63) is 11.6 Å². The normalized spacial score (nSPS) is 51.6. The van der Waals surface area contributed by atoms with Gasteiger partial charge in [-0.3, -0.25) is 4.79 Å². The van der Waals surface area contributed by atoms with E-state index in [1.165, 1.54) is 44.9 Å². The third-order valence-corrected chi connectivity index (χ3v) is 12.6. The van der Waals surface area contributed by atoms with Crippen LogP contribution >= 0.6 is 0 Å². The molecule has 4 saturated carbocycles. The van der Waals surface area contributed by atoms with Crippen LogP contribution in [0.2, 0.25) is 0 Å². The molecule has 0 saturated heterocycles. The molecule has 7 atom stereocenters. The Morgan fingerprint density at radius 1 is 0.844 bits per heavy atom. The topological polar surface area (TPSA) is 37.3 Å². The molecule has 0 aromatic heterocycles. The maximum Gasteiger partial charge on any atom is 0.138 e. The molecule has 5 rings (SSSR count). The summed E-state index contributed by atoms with van der Waals surface area (Å²) in [4.78, 5) is 12.9. The zero-order valence-electron chi connectivity index (χ0n) is 21.9. The van der Waals surface area contributed by atoms with E-state index in [4.69, 9.17) is 0 Å². The Labute approximate surface area is 197 Å². The van der Waals surface area contributed by atoms with Crippen LogP contribution < -0.4 is 0 Å². The predicted molar refractivity (Wildman–Crippen MR) is 131 cm³/mol. The Morgan fingerprint density at radius 2 is 1.47 bits per heavy atom. The Hall–Kier alpha value is -0.630. The Bertz CT molecular complexity index is 851. The van der Waals surface area contributed by atoms with E-state index < -0.39 is 0 Å². The van der Waals surface area contributed by atoms with Gasteiger partial charge >= 0.3 is 0 Å². The standard InChI is InChI=1S/C30H48O2/c1-25(2)16-17-30(19-31)15-10-22-28(6)12-8-20-26(3,4)24(32)11-14-27(20,5)21(28)9-13-29(22,7)23(30)18-25/h10,20-21,23,31H,8-9,11-19H2,1-7H3/t20-,21+,23-,27-,28+,29+,30-/m0/s1. The molecule has 0 amide bonds. The number of hydrogen-bond donors (Lipinski definition) is 1. The van der Waals surface area contributed by atoms with Gasteiger partial charge in [0.15, 0.2) is 0 Å². The lowest BCUT2D eigenvalue weighted by molar-refractivity contribution is -0.171. The number of carbonyl (C=O) groups excluding carboxylic acids is 1. The van der Waals surface area contributed by atoms with Gasteiger partial charge in [-0.2, -0.15) is 0 Å². The fourth-order valence-electron chi connectivity index (χ4n) is 10.7. The zero-order valence-corrected chi connectivity index (χ0v) is 21.9. The third-order valence-electron chi connectivity index (χ3n) is 12.6. The molecule has 0 aromatic rings. The van der Waals surface area contributed by atoms with Gasteiger partial charge in [-0.05, 0) is 97.2 Å². The van der Waals surface area contributed by atoms with E-state index in [1.54, 1.807) is 5.57 Å². The van der Waals surface area contributed by atoms with Crippen LogP contribution in [0.5, 0.6) is 0 Å². The van der Waals surface area contributed by atoms with Crippen LogP contribution in [0, 0.1) is 50.2 Å². The highest BCUT2D eigenvalue weighted by Gasteiger charge is 2.67. The van der Waals surface area contributed by atoms with E-state index in [2.05, 4.69) is 54.5 Å². The number of carbonyl (C=O) groups is 1. The van der Waals surface area contributed by atoms with Gasteiger partial charge in [0.25, 0.3) is 0 Å². The number of hydrogen-bond acceptors (Lipinski definition) is 2. The van der Waals surface area contributed by atoms with Gasteiger partial charge in [0.05, 0.1) is 0 Å². The fraction of sp³-hybridized carbons (Fsp3) is 0.900. The molecule has 0 spiro atoms. The summed E-state index contributed by atoms with van der Waals surface area (Å²) >= 11 is 0.